The molecule has 1 saturated carbocycles. The zero-order chi connectivity index (χ0) is 13.7. The first kappa shape index (κ1) is 14.8. The van der Waals surface area contributed by atoms with Gasteiger partial charge in [-0.2, -0.15) is 0 Å². The first-order valence-electron chi connectivity index (χ1n) is 7.29. The van der Waals surface area contributed by atoms with Gasteiger partial charge in [0.05, 0.1) is 0 Å². The van der Waals surface area contributed by atoms with Crippen molar-refractivity contribution in [3.63, 3.8) is 0 Å². The highest BCUT2D eigenvalue weighted by molar-refractivity contribution is 6.30. The van der Waals surface area contributed by atoms with Gasteiger partial charge in [0.25, 0.3) is 0 Å². The van der Waals surface area contributed by atoms with E-state index in [4.69, 9.17) is 11.6 Å². The lowest BCUT2D eigenvalue weighted by Gasteiger charge is -2.25. The molecule has 0 saturated heterocycles. The summed E-state index contributed by atoms with van der Waals surface area (Å²) in [6, 6.07) is 4.90. The van der Waals surface area contributed by atoms with E-state index in [0.29, 0.717) is 16.9 Å². The highest BCUT2D eigenvalue weighted by atomic mass is 35.5. The molecule has 0 aromatic heterocycles. The molecule has 0 bridgehead atoms. The highest BCUT2D eigenvalue weighted by Gasteiger charge is 2.24. The summed E-state index contributed by atoms with van der Waals surface area (Å²) in [4.78, 5) is 0. The molecule has 2 rings (SSSR count). The van der Waals surface area contributed by atoms with Crippen molar-refractivity contribution in [2.45, 2.75) is 38.5 Å². The SMILES string of the molecule is CNCC1CCCCCC1Cc1cc(Cl)ccc1F. The van der Waals surface area contributed by atoms with Crippen LogP contribution < -0.4 is 5.32 Å². The molecule has 3 heteroatoms. The fourth-order valence-electron chi connectivity index (χ4n) is 3.24. The van der Waals surface area contributed by atoms with Crippen LogP contribution in [0.5, 0.6) is 0 Å². The Morgan fingerprint density at radius 1 is 1.21 bits per heavy atom. The van der Waals surface area contributed by atoms with Crippen LogP contribution in [0.4, 0.5) is 4.39 Å². The Morgan fingerprint density at radius 2 is 1.95 bits per heavy atom. The van der Waals surface area contributed by atoms with E-state index in [1.54, 1.807) is 12.1 Å². The molecule has 1 aliphatic rings. The van der Waals surface area contributed by atoms with E-state index in [9.17, 15) is 4.39 Å². The van der Waals surface area contributed by atoms with Crippen molar-refractivity contribution < 1.29 is 4.39 Å². The van der Waals surface area contributed by atoms with Crippen molar-refractivity contribution in [3.05, 3.63) is 34.6 Å². The second-order valence-electron chi connectivity index (χ2n) is 5.66. The summed E-state index contributed by atoms with van der Waals surface area (Å²) in [5.74, 6) is 1.12. The van der Waals surface area contributed by atoms with Crippen LogP contribution in [0.15, 0.2) is 18.2 Å². The normalized spacial score (nSPS) is 24.2. The standard InChI is InChI=1S/C16H23ClFN/c1-19-11-13-6-4-2-3-5-12(13)9-14-10-15(17)7-8-16(14)18/h7-8,10,12-13,19H,2-6,9,11H2,1H3. The van der Waals surface area contributed by atoms with E-state index in [-0.39, 0.29) is 5.82 Å². The van der Waals surface area contributed by atoms with E-state index < -0.39 is 0 Å². The summed E-state index contributed by atoms with van der Waals surface area (Å²) < 4.78 is 13.9. The number of benzene rings is 1. The van der Waals surface area contributed by atoms with Crippen LogP contribution in [-0.4, -0.2) is 13.6 Å². The van der Waals surface area contributed by atoms with E-state index in [0.717, 1.165) is 18.5 Å². The van der Waals surface area contributed by atoms with Gasteiger partial charge in [-0.1, -0.05) is 30.9 Å². The van der Waals surface area contributed by atoms with Gasteiger partial charge in [-0.05, 0) is 68.5 Å². The van der Waals surface area contributed by atoms with E-state index in [1.807, 2.05) is 7.05 Å². The molecule has 0 aliphatic heterocycles. The number of nitrogens with one attached hydrogen (secondary N) is 1. The Kier molecular flexibility index (Phi) is 5.65. The quantitative estimate of drug-likeness (QED) is 0.806. The molecule has 0 heterocycles. The smallest absolute Gasteiger partial charge is 0.126 e. The zero-order valence-electron chi connectivity index (χ0n) is 11.6. The van der Waals surface area contributed by atoms with Crippen LogP contribution in [0, 0.1) is 17.7 Å². The second-order valence-corrected chi connectivity index (χ2v) is 6.09. The number of halogens is 2. The third kappa shape index (κ3) is 4.19. The van der Waals surface area contributed by atoms with Crippen LogP contribution >= 0.6 is 11.6 Å². The number of rotatable bonds is 4. The summed E-state index contributed by atoms with van der Waals surface area (Å²) in [6.45, 7) is 1.03. The molecule has 1 aliphatic carbocycles. The van der Waals surface area contributed by atoms with Crippen LogP contribution in [0.3, 0.4) is 0 Å². The third-order valence-electron chi connectivity index (χ3n) is 4.27. The molecule has 1 aromatic carbocycles. The largest absolute Gasteiger partial charge is 0.319 e. The van der Waals surface area contributed by atoms with Crippen LogP contribution in [0.2, 0.25) is 5.02 Å². The monoisotopic (exact) mass is 283 g/mol. The summed E-state index contributed by atoms with van der Waals surface area (Å²) in [5.41, 5.74) is 0.778. The molecule has 1 nitrogen and oxygen atoms in total. The number of hydrogen-bond acceptors (Lipinski definition) is 1. The molecule has 1 N–H and O–H groups in total. The molecular weight excluding hydrogens is 261 g/mol. The molecule has 0 amide bonds. The Labute approximate surface area is 120 Å². The van der Waals surface area contributed by atoms with E-state index in [2.05, 4.69) is 5.32 Å². The minimum Gasteiger partial charge on any atom is -0.319 e. The van der Waals surface area contributed by atoms with Gasteiger partial charge >= 0.3 is 0 Å². The second kappa shape index (κ2) is 7.25. The predicted octanol–water partition coefficient (Wildman–Crippen LogP) is 4.44. The van der Waals surface area contributed by atoms with Crippen molar-refractivity contribution in [1.29, 1.82) is 0 Å². The van der Waals surface area contributed by atoms with Crippen molar-refractivity contribution in [1.82, 2.24) is 5.32 Å². The Morgan fingerprint density at radius 3 is 2.68 bits per heavy atom. The molecule has 2 unspecified atom stereocenters. The molecule has 0 radical (unpaired) electrons. The van der Waals surface area contributed by atoms with Crippen LogP contribution in [0.25, 0.3) is 0 Å². The van der Waals surface area contributed by atoms with E-state index >= 15 is 0 Å². The average molecular weight is 284 g/mol. The molecule has 2 atom stereocenters. The van der Waals surface area contributed by atoms with Gasteiger partial charge in [0, 0.05) is 5.02 Å². The number of hydrogen-bond donors (Lipinski definition) is 1. The lowest BCUT2D eigenvalue weighted by molar-refractivity contribution is 0.301. The summed E-state index contributed by atoms with van der Waals surface area (Å²) in [5, 5.41) is 3.92. The van der Waals surface area contributed by atoms with Crippen molar-refractivity contribution in [2.75, 3.05) is 13.6 Å². The topological polar surface area (TPSA) is 12.0 Å². The lowest BCUT2D eigenvalue weighted by Crippen LogP contribution is -2.26. The first-order chi connectivity index (χ1) is 9.20. The van der Waals surface area contributed by atoms with Gasteiger partial charge in [0.15, 0.2) is 0 Å². The summed E-state index contributed by atoms with van der Waals surface area (Å²) in [6.07, 6.45) is 7.17. The zero-order valence-corrected chi connectivity index (χ0v) is 12.3. The fourth-order valence-corrected chi connectivity index (χ4v) is 3.44. The predicted molar refractivity (Wildman–Crippen MR) is 79.1 cm³/mol. The lowest BCUT2D eigenvalue weighted by atomic mass is 9.83. The van der Waals surface area contributed by atoms with Gasteiger partial charge in [0.2, 0.25) is 0 Å². The minimum absolute atomic E-state index is 0.114. The van der Waals surface area contributed by atoms with Crippen molar-refractivity contribution >= 4 is 11.6 Å². The van der Waals surface area contributed by atoms with Crippen LogP contribution in [0.1, 0.15) is 37.7 Å². The summed E-state index contributed by atoms with van der Waals surface area (Å²) >= 11 is 5.99. The third-order valence-corrected chi connectivity index (χ3v) is 4.51. The molecule has 1 fully saturated rings. The van der Waals surface area contributed by atoms with Crippen molar-refractivity contribution in [2.24, 2.45) is 11.8 Å². The molecule has 0 spiro atoms. The summed E-state index contributed by atoms with van der Waals surface area (Å²) in [7, 11) is 2.00. The highest BCUT2D eigenvalue weighted by Crippen LogP contribution is 2.32. The Balaban J connectivity index is 2.11. The first-order valence-corrected chi connectivity index (χ1v) is 7.67. The molecule has 19 heavy (non-hydrogen) atoms. The van der Waals surface area contributed by atoms with Gasteiger partial charge in [-0.3, -0.25) is 0 Å². The fraction of sp³-hybridized carbons (Fsp3) is 0.625. The molecule has 1 aromatic rings. The van der Waals surface area contributed by atoms with Gasteiger partial charge < -0.3 is 5.32 Å². The van der Waals surface area contributed by atoms with Crippen molar-refractivity contribution in [3.8, 4) is 0 Å². The van der Waals surface area contributed by atoms with Gasteiger partial charge in [-0.25, -0.2) is 4.39 Å². The Bertz CT molecular complexity index is 408. The van der Waals surface area contributed by atoms with Crippen LogP contribution in [-0.2, 0) is 6.42 Å². The maximum Gasteiger partial charge on any atom is 0.126 e. The maximum absolute atomic E-state index is 13.9. The Hall–Kier alpha value is -0.600. The van der Waals surface area contributed by atoms with E-state index in [1.165, 1.54) is 38.2 Å². The minimum atomic E-state index is -0.114. The molecular formula is C16H23ClFN. The molecule has 106 valence electrons. The van der Waals surface area contributed by atoms with Gasteiger partial charge in [-0.15, -0.1) is 0 Å². The average Bonchev–Trinajstić information content (AvgIpc) is 2.60. The van der Waals surface area contributed by atoms with Gasteiger partial charge in [0.1, 0.15) is 5.82 Å². The maximum atomic E-state index is 13.9.